The van der Waals surface area contributed by atoms with Crippen molar-refractivity contribution in [3.63, 3.8) is 0 Å². The van der Waals surface area contributed by atoms with Crippen molar-refractivity contribution in [2.75, 3.05) is 50.5 Å². The number of hydrogen-bond acceptors (Lipinski definition) is 7. The van der Waals surface area contributed by atoms with Gasteiger partial charge in [0.25, 0.3) is 5.91 Å². The summed E-state index contributed by atoms with van der Waals surface area (Å²) in [5.74, 6) is 0.607. The molecule has 0 fully saturated rings. The second-order valence-corrected chi connectivity index (χ2v) is 9.04. The molecular weight excluding hydrogens is 515 g/mol. The molecule has 3 rings (SSSR count). The van der Waals surface area contributed by atoms with Gasteiger partial charge in [-0.15, -0.1) is 0 Å². The molecule has 37 heavy (non-hydrogen) atoms. The van der Waals surface area contributed by atoms with Gasteiger partial charge in [0, 0.05) is 55.7 Å². The van der Waals surface area contributed by atoms with Gasteiger partial charge in [0.05, 0.1) is 5.02 Å². The lowest BCUT2D eigenvalue weighted by atomic mass is 10.1. The van der Waals surface area contributed by atoms with Crippen LogP contribution in [0.3, 0.4) is 0 Å². The molecule has 0 bridgehead atoms. The van der Waals surface area contributed by atoms with Crippen LogP contribution < -0.4 is 15.0 Å². The SMILES string of the molecule is CCN(CC)CCN(C)C(=O)c1cccc(Nc2nccc(N(C)C(=O)Oc3cc(Cl)ccc3Cl)n2)c1. The third-order valence-electron chi connectivity index (χ3n) is 5.71. The first-order valence-corrected chi connectivity index (χ1v) is 12.6. The monoisotopic (exact) mass is 544 g/mol. The van der Waals surface area contributed by atoms with Crippen molar-refractivity contribution in [3.8, 4) is 5.75 Å². The number of benzene rings is 2. The lowest BCUT2D eigenvalue weighted by Gasteiger charge is -2.23. The molecule has 196 valence electrons. The third-order valence-corrected chi connectivity index (χ3v) is 6.25. The Labute approximate surface area is 227 Å². The summed E-state index contributed by atoms with van der Waals surface area (Å²) in [6, 6.07) is 13.3. The molecule has 0 radical (unpaired) electrons. The van der Waals surface area contributed by atoms with Crippen LogP contribution in [0.2, 0.25) is 10.0 Å². The predicted molar refractivity (Wildman–Crippen MR) is 147 cm³/mol. The lowest BCUT2D eigenvalue weighted by Crippen LogP contribution is -2.36. The molecule has 0 unspecified atom stereocenters. The van der Waals surface area contributed by atoms with Gasteiger partial charge >= 0.3 is 6.09 Å². The molecule has 0 spiro atoms. The number of hydrogen-bond donors (Lipinski definition) is 1. The Morgan fingerprint density at radius 1 is 1.00 bits per heavy atom. The molecule has 2 amide bonds. The molecule has 3 aromatic rings. The average Bonchev–Trinajstić information content (AvgIpc) is 2.90. The zero-order valence-electron chi connectivity index (χ0n) is 21.2. The molecule has 0 atom stereocenters. The summed E-state index contributed by atoms with van der Waals surface area (Å²) in [6.07, 6.45) is 0.811. The summed E-state index contributed by atoms with van der Waals surface area (Å²) >= 11 is 12.1. The van der Waals surface area contributed by atoms with Gasteiger partial charge in [-0.1, -0.05) is 43.1 Å². The number of nitrogens with one attached hydrogen (secondary N) is 1. The van der Waals surface area contributed by atoms with E-state index in [-0.39, 0.29) is 22.6 Å². The highest BCUT2D eigenvalue weighted by molar-refractivity contribution is 6.34. The highest BCUT2D eigenvalue weighted by atomic mass is 35.5. The Morgan fingerprint density at radius 2 is 1.76 bits per heavy atom. The van der Waals surface area contributed by atoms with Gasteiger partial charge < -0.3 is 19.9 Å². The molecule has 0 aliphatic heterocycles. The quantitative estimate of drug-likeness (QED) is 0.356. The summed E-state index contributed by atoms with van der Waals surface area (Å²) in [6.45, 7) is 7.54. The molecule has 1 aromatic heterocycles. The van der Waals surface area contributed by atoms with Crippen molar-refractivity contribution in [3.05, 3.63) is 70.3 Å². The number of halogens is 2. The van der Waals surface area contributed by atoms with Gasteiger partial charge in [0.15, 0.2) is 5.75 Å². The van der Waals surface area contributed by atoms with Gasteiger partial charge in [0.2, 0.25) is 5.95 Å². The Hall–Kier alpha value is -3.40. The second-order valence-electron chi connectivity index (χ2n) is 8.20. The van der Waals surface area contributed by atoms with Crippen LogP contribution in [0.1, 0.15) is 24.2 Å². The molecule has 0 saturated heterocycles. The van der Waals surface area contributed by atoms with E-state index in [1.165, 1.54) is 24.2 Å². The number of likely N-dealkylation sites (N-methyl/N-ethyl adjacent to an activating group) is 2. The highest BCUT2D eigenvalue weighted by Crippen LogP contribution is 2.28. The minimum absolute atomic E-state index is 0.0763. The maximum Gasteiger partial charge on any atom is 0.420 e. The fourth-order valence-corrected chi connectivity index (χ4v) is 3.74. The topological polar surface area (TPSA) is 90.9 Å². The number of aromatic nitrogens is 2. The van der Waals surface area contributed by atoms with Crippen LogP contribution in [-0.2, 0) is 0 Å². The first-order valence-electron chi connectivity index (χ1n) is 11.8. The van der Waals surface area contributed by atoms with Crippen molar-refractivity contribution in [1.29, 1.82) is 0 Å². The van der Waals surface area contributed by atoms with E-state index >= 15 is 0 Å². The van der Waals surface area contributed by atoms with E-state index < -0.39 is 6.09 Å². The van der Waals surface area contributed by atoms with E-state index in [4.69, 9.17) is 27.9 Å². The molecule has 0 saturated carbocycles. The van der Waals surface area contributed by atoms with Crippen molar-refractivity contribution in [1.82, 2.24) is 19.8 Å². The maximum atomic E-state index is 12.9. The predicted octanol–water partition coefficient (Wildman–Crippen LogP) is 5.58. The minimum Gasteiger partial charge on any atom is -0.408 e. The zero-order valence-corrected chi connectivity index (χ0v) is 22.8. The van der Waals surface area contributed by atoms with Crippen LogP contribution in [0.4, 0.5) is 22.2 Å². The number of ether oxygens (including phenoxy) is 1. The second kappa shape index (κ2) is 13.2. The fourth-order valence-electron chi connectivity index (χ4n) is 3.42. The first kappa shape index (κ1) is 28.2. The average molecular weight is 545 g/mol. The third kappa shape index (κ3) is 7.79. The summed E-state index contributed by atoms with van der Waals surface area (Å²) < 4.78 is 5.36. The normalized spacial score (nSPS) is 10.8. The minimum atomic E-state index is -0.700. The van der Waals surface area contributed by atoms with Crippen LogP contribution >= 0.6 is 23.2 Å². The van der Waals surface area contributed by atoms with Crippen LogP contribution in [0.25, 0.3) is 0 Å². The van der Waals surface area contributed by atoms with Gasteiger partial charge in [-0.3, -0.25) is 9.69 Å². The summed E-state index contributed by atoms with van der Waals surface area (Å²) in [4.78, 5) is 39.4. The molecule has 0 aliphatic rings. The molecule has 11 heteroatoms. The number of anilines is 3. The van der Waals surface area contributed by atoms with Gasteiger partial charge in [-0.2, -0.15) is 4.98 Å². The highest BCUT2D eigenvalue weighted by Gasteiger charge is 2.18. The van der Waals surface area contributed by atoms with Crippen LogP contribution in [0.15, 0.2) is 54.7 Å². The summed E-state index contributed by atoms with van der Waals surface area (Å²) in [5, 5.41) is 3.73. The Kier molecular flexibility index (Phi) is 10.1. The smallest absolute Gasteiger partial charge is 0.408 e. The lowest BCUT2D eigenvalue weighted by molar-refractivity contribution is 0.0780. The molecule has 0 aliphatic carbocycles. The summed E-state index contributed by atoms with van der Waals surface area (Å²) in [5.41, 5.74) is 1.18. The Morgan fingerprint density at radius 3 is 2.49 bits per heavy atom. The van der Waals surface area contributed by atoms with Gasteiger partial charge in [-0.25, -0.2) is 9.78 Å². The molecule has 1 N–H and O–H groups in total. The number of carbonyl (C=O) groups is 2. The van der Waals surface area contributed by atoms with E-state index in [1.54, 1.807) is 48.3 Å². The largest absolute Gasteiger partial charge is 0.420 e. The van der Waals surface area contributed by atoms with Crippen molar-refractivity contribution in [2.24, 2.45) is 0 Å². The van der Waals surface area contributed by atoms with Crippen molar-refractivity contribution in [2.45, 2.75) is 13.8 Å². The number of amides is 2. The van der Waals surface area contributed by atoms with E-state index in [2.05, 4.69) is 34.0 Å². The maximum absolute atomic E-state index is 12.9. The standard InChI is InChI=1S/C26H30Cl2N6O3/c1-5-34(6-2)15-14-32(3)24(35)18-8-7-9-20(16-18)30-25-29-13-12-23(31-25)33(4)26(36)37-22-17-19(27)10-11-21(22)28/h7-13,16-17H,5-6,14-15H2,1-4H3,(H,29,30,31). The van der Waals surface area contributed by atoms with Gasteiger partial charge in [-0.05, 0) is 49.5 Å². The first-order chi connectivity index (χ1) is 17.7. The van der Waals surface area contributed by atoms with Crippen molar-refractivity contribution >= 4 is 52.7 Å². The van der Waals surface area contributed by atoms with Gasteiger partial charge in [0.1, 0.15) is 5.82 Å². The molecular formula is C26H30Cl2N6O3. The molecule has 1 heterocycles. The number of rotatable bonds is 10. The molecule has 9 nitrogen and oxygen atoms in total. The zero-order chi connectivity index (χ0) is 26.9. The fraction of sp³-hybridized carbons (Fsp3) is 0.308. The van der Waals surface area contributed by atoms with E-state index in [1.807, 2.05) is 6.07 Å². The van der Waals surface area contributed by atoms with Crippen LogP contribution in [-0.4, -0.2) is 72.0 Å². The Bertz CT molecular complexity index is 1240. The van der Waals surface area contributed by atoms with Crippen LogP contribution in [0, 0.1) is 0 Å². The number of nitrogens with zero attached hydrogens (tertiary/aromatic N) is 5. The number of carbonyl (C=O) groups excluding carboxylic acids is 2. The molecule has 2 aromatic carbocycles. The summed E-state index contributed by atoms with van der Waals surface area (Å²) in [7, 11) is 3.31. The van der Waals surface area contributed by atoms with Crippen molar-refractivity contribution < 1.29 is 14.3 Å². The Balaban J connectivity index is 1.67. The van der Waals surface area contributed by atoms with Crippen LogP contribution in [0.5, 0.6) is 5.75 Å². The van der Waals surface area contributed by atoms with E-state index in [9.17, 15) is 9.59 Å². The van der Waals surface area contributed by atoms with E-state index in [0.717, 1.165) is 19.6 Å². The van der Waals surface area contributed by atoms with E-state index in [0.29, 0.717) is 28.6 Å².